The number of anilines is 1. The summed E-state index contributed by atoms with van der Waals surface area (Å²) in [7, 11) is 0. The third-order valence-corrected chi connectivity index (χ3v) is 4.31. The first-order valence-corrected chi connectivity index (χ1v) is 7.95. The van der Waals surface area contributed by atoms with E-state index in [4.69, 9.17) is 16.9 Å². The van der Waals surface area contributed by atoms with Crippen molar-refractivity contribution in [3.8, 4) is 16.6 Å². The van der Waals surface area contributed by atoms with Crippen molar-refractivity contribution < 1.29 is 0 Å². The zero-order chi connectivity index (χ0) is 15.4. The van der Waals surface area contributed by atoms with Crippen LogP contribution in [0.1, 0.15) is 11.3 Å². The molecule has 0 aliphatic heterocycles. The molecule has 0 atom stereocenters. The van der Waals surface area contributed by atoms with Gasteiger partial charge in [-0.3, -0.25) is 0 Å². The molecule has 3 rings (SSSR count). The highest BCUT2D eigenvalue weighted by atomic mass is 35.5. The molecule has 0 fully saturated rings. The van der Waals surface area contributed by atoms with Crippen LogP contribution in [0, 0.1) is 11.3 Å². The summed E-state index contributed by atoms with van der Waals surface area (Å²) in [5, 5.41) is 15.9. The van der Waals surface area contributed by atoms with Gasteiger partial charge in [0.15, 0.2) is 0 Å². The van der Waals surface area contributed by atoms with Crippen LogP contribution in [-0.2, 0) is 6.54 Å². The summed E-state index contributed by atoms with van der Waals surface area (Å²) in [6, 6.07) is 17.5. The topological polar surface area (TPSA) is 48.7 Å². The Morgan fingerprint density at radius 3 is 2.77 bits per heavy atom. The second-order valence-electron chi connectivity index (χ2n) is 4.67. The van der Waals surface area contributed by atoms with Crippen LogP contribution >= 0.6 is 22.9 Å². The van der Waals surface area contributed by atoms with Gasteiger partial charge in [0.25, 0.3) is 0 Å². The lowest BCUT2D eigenvalue weighted by atomic mass is 10.2. The summed E-state index contributed by atoms with van der Waals surface area (Å²) in [5.41, 5.74) is 3.36. The second-order valence-corrected chi connectivity index (χ2v) is 5.96. The number of thiazole rings is 1. The van der Waals surface area contributed by atoms with Crippen LogP contribution in [0.5, 0.6) is 0 Å². The molecule has 5 heteroatoms. The molecule has 1 heterocycles. The normalized spacial score (nSPS) is 10.2. The average molecular weight is 326 g/mol. The largest absolute Gasteiger partial charge is 0.378 e. The maximum absolute atomic E-state index is 9.13. The monoisotopic (exact) mass is 325 g/mol. The van der Waals surface area contributed by atoms with E-state index in [2.05, 4.69) is 16.4 Å². The van der Waals surface area contributed by atoms with Gasteiger partial charge in [0, 0.05) is 16.0 Å². The summed E-state index contributed by atoms with van der Waals surface area (Å²) in [4.78, 5) is 4.62. The molecule has 108 valence electrons. The number of rotatable bonds is 4. The van der Waals surface area contributed by atoms with Crippen LogP contribution in [0.15, 0.2) is 53.9 Å². The predicted molar refractivity (Wildman–Crippen MR) is 91.0 cm³/mol. The highest BCUT2D eigenvalue weighted by Crippen LogP contribution is 2.24. The quantitative estimate of drug-likeness (QED) is 0.738. The fourth-order valence-electron chi connectivity index (χ4n) is 2.05. The summed E-state index contributed by atoms with van der Waals surface area (Å²) in [6.07, 6.45) is 0. The van der Waals surface area contributed by atoms with Gasteiger partial charge in [0.2, 0.25) is 0 Å². The maximum Gasteiger partial charge on any atom is 0.123 e. The predicted octanol–water partition coefficient (Wildman–Crippen LogP) is 4.95. The van der Waals surface area contributed by atoms with Crippen molar-refractivity contribution in [1.82, 2.24) is 4.98 Å². The summed E-state index contributed by atoms with van der Waals surface area (Å²) in [6.45, 7) is 0.569. The van der Waals surface area contributed by atoms with Gasteiger partial charge in [-0.05, 0) is 18.2 Å². The SMILES string of the molecule is N#Cc1cc(Cl)ccc1NCc1csc(-c2ccccc2)n1. The minimum Gasteiger partial charge on any atom is -0.378 e. The zero-order valence-corrected chi connectivity index (χ0v) is 13.2. The van der Waals surface area contributed by atoms with E-state index in [1.807, 2.05) is 41.8 Å². The van der Waals surface area contributed by atoms with Gasteiger partial charge >= 0.3 is 0 Å². The highest BCUT2D eigenvalue weighted by Gasteiger charge is 2.06. The van der Waals surface area contributed by atoms with Crippen molar-refractivity contribution >= 4 is 28.6 Å². The first-order valence-electron chi connectivity index (χ1n) is 6.69. The van der Waals surface area contributed by atoms with E-state index in [0.717, 1.165) is 22.0 Å². The van der Waals surface area contributed by atoms with E-state index >= 15 is 0 Å². The Bertz CT molecular complexity index is 821. The van der Waals surface area contributed by atoms with Crippen molar-refractivity contribution in [2.24, 2.45) is 0 Å². The number of nitriles is 1. The minimum absolute atomic E-state index is 0.533. The molecule has 0 radical (unpaired) electrons. The van der Waals surface area contributed by atoms with Crippen LogP contribution < -0.4 is 5.32 Å². The van der Waals surface area contributed by atoms with Crippen molar-refractivity contribution in [3.05, 3.63) is 70.2 Å². The maximum atomic E-state index is 9.13. The minimum atomic E-state index is 0.533. The third kappa shape index (κ3) is 3.28. The van der Waals surface area contributed by atoms with E-state index in [1.54, 1.807) is 23.5 Å². The van der Waals surface area contributed by atoms with Gasteiger partial charge in [-0.25, -0.2) is 4.98 Å². The Hall–Kier alpha value is -2.35. The van der Waals surface area contributed by atoms with E-state index in [-0.39, 0.29) is 0 Å². The van der Waals surface area contributed by atoms with Crippen molar-refractivity contribution in [2.45, 2.75) is 6.54 Å². The molecule has 2 aromatic carbocycles. The van der Waals surface area contributed by atoms with Gasteiger partial charge < -0.3 is 5.32 Å². The van der Waals surface area contributed by atoms with Crippen molar-refractivity contribution in [3.63, 3.8) is 0 Å². The fourth-order valence-corrected chi connectivity index (χ4v) is 3.05. The molecule has 0 aliphatic carbocycles. The Morgan fingerprint density at radius 2 is 2.00 bits per heavy atom. The Morgan fingerprint density at radius 1 is 1.18 bits per heavy atom. The number of nitrogens with one attached hydrogen (secondary N) is 1. The molecule has 0 unspecified atom stereocenters. The molecular formula is C17H12ClN3S. The lowest BCUT2D eigenvalue weighted by molar-refractivity contribution is 1.07. The molecule has 1 aromatic heterocycles. The lowest BCUT2D eigenvalue weighted by Gasteiger charge is -2.06. The van der Waals surface area contributed by atoms with Crippen LogP contribution in [-0.4, -0.2) is 4.98 Å². The first kappa shape index (κ1) is 14.6. The number of halogens is 1. The zero-order valence-electron chi connectivity index (χ0n) is 11.6. The first-order chi connectivity index (χ1) is 10.8. The molecule has 1 N–H and O–H groups in total. The molecule has 0 saturated heterocycles. The van der Waals surface area contributed by atoms with Gasteiger partial charge in [-0.2, -0.15) is 5.26 Å². The number of nitrogens with zero attached hydrogens (tertiary/aromatic N) is 2. The molecular weight excluding hydrogens is 314 g/mol. The number of benzene rings is 2. The van der Waals surface area contributed by atoms with E-state index in [1.165, 1.54) is 0 Å². The van der Waals surface area contributed by atoms with E-state index in [9.17, 15) is 0 Å². The summed E-state index contributed by atoms with van der Waals surface area (Å²) in [5.74, 6) is 0. The van der Waals surface area contributed by atoms with E-state index < -0.39 is 0 Å². The summed E-state index contributed by atoms with van der Waals surface area (Å²) < 4.78 is 0. The Labute approximate surface area is 137 Å². The molecule has 0 bridgehead atoms. The van der Waals surface area contributed by atoms with Gasteiger partial charge in [0.05, 0.1) is 23.5 Å². The standard InChI is InChI=1S/C17H12ClN3S/c18-14-6-7-16(13(8-14)9-19)20-10-15-11-22-17(21-15)12-4-2-1-3-5-12/h1-8,11,20H,10H2. The average Bonchev–Trinajstić information content (AvgIpc) is 3.03. The molecule has 0 spiro atoms. The van der Waals surface area contributed by atoms with Gasteiger partial charge in [0.1, 0.15) is 11.1 Å². The van der Waals surface area contributed by atoms with Gasteiger partial charge in [-0.15, -0.1) is 11.3 Å². The molecule has 0 saturated carbocycles. The highest BCUT2D eigenvalue weighted by molar-refractivity contribution is 7.13. The lowest BCUT2D eigenvalue weighted by Crippen LogP contribution is -2.01. The Kier molecular flexibility index (Phi) is 4.38. The summed E-state index contributed by atoms with van der Waals surface area (Å²) >= 11 is 7.51. The van der Waals surface area contributed by atoms with E-state index in [0.29, 0.717) is 17.1 Å². The molecule has 0 amide bonds. The van der Waals surface area contributed by atoms with Crippen molar-refractivity contribution in [1.29, 1.82) is 5.26 Å². The van der Waals surface area contributed by atoms with Crippen LogP contribution in [0.4, 0.5) is 5.69 Å². The molecule has 22 heavy (non-hydrogen) atoms. The number of hydrogen-bond acceptors (Lipinski definition) is 4. The second kappa shape index (κ2) is 6.61. The van der Waals surface area contributed by atoms with Crippen LogP contribution in [0.25, 0.3) is 10.6 Å². The van der Waals surface area contributed by atoms with Crippen LogP contribution in [0.3, 0.4) is 0 Å². The third-order valence-electron chi connectivity index (χ3n) is 3.13. The Balaban J connectivity index is 1.73. The molecule has 0 aliphatic rings. The fraction of sp³-hybridized carbons (Fsp3) is 0.0588. The number of hydrogen-bond donors (Lipinski definition) is 1. The van der Waals surface area contributed by atoms with Crippen molar-refractivity contribution in [2.75, 3.05) is 5.32 Å². The molecule has 3 nitrogen and oxygen atoms in total. The van der Waals surface area contributed by atoms with Crippen LogP contribution in [0.2, 0.25) is 5.02 Å². The van der Waals surface area contributed by atoms with Gasteiger partial charge in [-0.1, -0.05) is 41.9 Å². The molecule has 3 aromatic rings. The smallest absolute Gasteiger partial charge is 0.123 e. The number of aromatic nitrogens is 1.